The first kappa shape index (κ1) is 16.3. The van der Waals surface area contributed by atoms with Crippen LogP contribution < -0.4 is 11.5 Å². The zero-order valence-corrected chi connectivity index (χ0v) is 14.1. The van der Waals surface area contributed by atoms with Crippen LogP contribution in [0.5, 0.6) is 0 Å². The van der Waals surface area contributed by atoms with E-state index in [-0.39, 0.29) is 11.8 Å². The number of nitrogen functional groups attached to an aromatic ring is 1. The summed E-state index contributed by atoms with van der Waals surface area (Å²) < 4.78 is 0. The van der Waals surface area contributed by atoms with Crippen LogP contribution in [0.2, 0.25) is 5.02 Å². The van der Waals surface area contributed by atoms with Crippen LogP contribution in [-0.2, 0) is 4.79 Å². The number of benzene rings is 1. The second-order valence-electron chi connectivity index (χ2n) is 6.63. The third kappa shape index (κ3) is 3.70. The van der Waals surface area contributed by atoms with Crippen molar-refractivity contribution >= 4 is 28.8 Å². The molecule has 1 amide bonds. The molecular formula is C18H24ClN3O. The molecule has 2 aliphatic rings. The number of halogens is 1. The number of amides is 1. The molecule has 23 heavy (non-hydrogen) atoms. The second-order valence-corrected chi connectivity index (χ2v) is 7.04. The topological polar surface area (TPSA) is 72.4 Å². The maximum Gasteiger partial charge on any atom is 0.220 e. The fourth-order valence-corrected chi connectivity index (χ4v) is 3.89. The van der Waals surface area contributed by atoms with E-state index < -0.39 is 0 Å². The Morgan fingerprint density at radius 1 is 1.30 bits per heavy atom. The van der Waals surface area contributed by atoms with E-state index in [2.05, 4.69) is 11.0 Å². The van der Waals surface area contributed by atoms with Gasteiger partial charge in [0, 0.05) is 25.0 Å². The van der Waals surface area contributed by atoms with Crippen molar-refractivity contribution in [2.24, 2.45) is 11.7 Å². The molecule has 3 rings (SSSR count). The molecule has 5 heteroatoms. The molecule has 0 saturated heterocycles. The van der Waals surface area contributed by atoms with Gasteiger partial charge < -0.3 is 11.5 Å². The van der Waals surface area contributed by atoms with Crippen LogP contribution in [0.1, 0.15) is 37.7 Å². The van der Waals surface area contributed by atoms with Gasteiger partial charge in [-0.25, -0.2) is 0 Å². The Kier molecular flexibility index (Phi) is 4.93. The van der Waals surface area contributed by atoms with Gasteiger partial charge in [-0.1, -0.05) is 30.2 Å². The fourth-order valence-electron chi connectivity index (χ4n) is 3.78. The van der Waals surface area contributed by atoms with Gasteiger partial charge in [-0.15, -0.1) is 0 Å². The zero-order chi connectivity index (χ0) is 16.4. The van der Waals surface area contributed by atoms with E-state index in [1.165, 1.54) is 12.0 Å². The lowest BCUT2D eigenvalue weighted by Crippen LogP contribution is -2.43. The molecule has 1 aromatic carbocycles. The van der Waals surface area contributed by atoms with Crippen molar-refractivity contribution in [1.29, 1.82) is 0 Å². The van der Waals surface area contributed by atoms with Crippen LogP contribution in [0, 0.1) is 5.92 Å². The molecule has 1 aliphatic carbocycles. The molecule has 0 aromatic heterocycles. The number of nitrogens with two attached hydrogens (primary N) is 2. The summed E-state index contributed by atoms with van der Waals surface area (Å²) in [6.45, 7) is 1.94. The summed E-state index contributed by atoms with van der Waals surface area (Å²) in [6.07, 6.45) is 7.40. The highest BCUT2D eigenvalue weighted by Crippen LogP contribution is 2.32. The number of carbonyl (C=O) groups excluding carboxylic acids is 1. The Bertz CT molecular complexity index is 629. The average Bonchev–Trinajstić information content (AvgIpc) is 2.57. The minimum atomic E-state index is -0.139. The highest BCUT2D eigenvalue weighted by atomic mass is 35.5. The van der Waals surface area contributed by atoms with Crippen LogP contribution in [-0.4, -0.2) is 29.9 Å². The van der Waals surface area contributed by atoms with E-state index in [1.807, 2.05) is 18.2 Å². The van der Waals surface area contributed by atoms with Gasteiger partial charge >= 0.3 is 0 Å². The number of primary amides is 1. The molecule has 0 bridgehead atoms. The lowest BCUT2D eigenvalue weighted by molar-refractivity contribution is -0.123. The standard InChI is InChI=1S/C18H24ClN3O/c19-16-5-4-13(11-17(16)20)12-6-8-22(9-7-12)15-3-1-2-14(10-15)18(21)23/h4-6,11,14-15H,1-3,7-10,20H2,(H2,21,23). The van der Waals surface area contributed by atoms with Crippen LogP contribution in [0.25, 0.3) is 5.57 Å². The van der Waals surface area contributed by atoms with Crippen LogP contribution in [0.4, 0.5) is 5.69 Å². The number of nitrogens with zero attached hydrogens (tertiary/aromatic N) is 1. The Balaban J connectivity index is 1.65. The minimum Gasteiger partial charge on any atom is -0.398 e. The van der Waals surface area contributed by atoms with E-state index in [0.717, 1.165) is 44.3 Å². The van der Waals surface area contributed by atoms with E-state index in [1.54, 1.807) is 0 Å². The number of anilines is 1. The highest BCUT2D eigenvalue weighted by molar-refractivity contribution is 6.33. The lowest BCUT2D eigenvalue weighted by Gasteiger charge is -2.38. The SMILES string of the molecule is NC(=O)C1CCCC(N2CC=C(c3ccc(Cl)c(N)c3)CC2)C1. The van der Waals surface area contributed by atoms with Gasteiger partial charge in [0.25, 0.3) is 0 Å². The smallest absolute Gasteiger partial charge is 0.220 e. The molecule has 1 aliphatic heterocycles. The molecule has 0 radical (unpaired) electrons. The predicted molar refractivity (Wildman–Crippen MR) is 95.0 cm³/mol. The molecule has 1 aromatic rings. The zero-order valence-electron chi connectivity index (χ0n) is 13.3. The molecule has 2 atom stereocenters. The molecule has 1 saturated carbocycles. The first-order valence-electron chi connectivity index (χ1n) is 8.32. The van der Waals surface area contributed by atoms with Gasteiger partial charge in [0.15, 0.2) is 0 Å². The largest absolute Gasteiger partial charge is 0.398 e. The quantitative estimate of drug-likeness (QED) is 0.835. The molecule has 124 valence electrons. The fraction of sp³-hybridized carbons (Fsp3) is 0.500. The van der Waals surface area contributed by atoms with Gasteiger partial charge in [-0.05, 0) is 49.0 Å². The van der Waals surface area contributed by atoms with E-state index in [4.69, 9.17) is 23.1 Å². The summed E-state index contributed by atoms with van der Waals surface area (Å²) in [7, 11) is 0. The molecule has 1 heterocycles. The van der Waals surface area contributed by atoms with Gasteiger partial charge in [-0.3, -0.25) is 9.69 Å². The Hall–Kier alpha value is -1.52. The van der Waals surface area contributed by atoms with Gasteiger partial charge in [0.05, 0.1) is 10.7 Å². The Morgan fingerprint density at radius 3 is 2.78 bits per heavy atom. The molecule has 4 N–H and O–H groups in total. The number of hydrogen-bond donors (Lipinski definition) is 2. The van der Waals surface area contributed by atoms with Gasteiger partial charge in [-0.2, -0.15) is 0 Å². The van der Waals surface area contributed by atoms with Crippen LogP contribution in [0.3, 0.4) is 0 Å². The molecule has 0 spiro atoms. The summed E-state index contributed by atoms with van der Waals surface area (Å²) in [5, 5.41) is 0.603. The van der Waals surface area contributed by atoms with Crippen molar-refractivity contribution in [2.75, 3.05) is 18.8 Å². The monoisotopic (exact) mass is 333 g/mol. The first-order chi connectivity index (χ1) is 11.0. The van der Waals surface area contributed by atoms with Gasteiger partial charge in [0.1, 0.15) is 0 Å². The maximum atomic E-state index is 11.4. The lowest BCUT2D eigenvalue weighted by atomic mass is 9.84. The van der Waals surface area contributed by atoms with Crippen molar-refractivity contribution in [2.45, 2.75) is 38.1 Å². The third-order valence-electron chi connectivity index (χ3n) is 5.17. The van der Waals surface area contributed by atoms with Crippen LogP contribution >= 0.6 is 11.6 Å². The Labute approximate surface area is 142 Å². The molecule has 4 nitrogen and oxygen atoms in total. The Morgan fingerprint density at radius 2 is 2.13 bits per heavy atom. The summed E-state index contributed by atoms with van der Waals surface area (Å²) in [5.41, 5.74) is 14.5. The number of rotatable bonds is 3. The molecule has 1 fully saturated rings. The van der Waals surface area contributed by atoms with Crippen LogP contribution in [0.15, 0.2) is 24.3 Å². The van der Waals surface area contributed by atoms with Crippen molar-refractivity contribution in [3.8, 4) is 0 Å². The molecule has 2 unspecified atom stereocenters. The third-order valence-corrected chi connectivity index (χ3v) is 5.52. The second kappa shape index (κ2) is 6.93. The average molecular weight is 334 g/mol. The van der Waals surface area contributed by atoms with Crippen molar-refractivity contribution in [3.05, 3.63) is 34.9 Å². The number of hydrogen-bond acceptors (Lipinski definition) is 3. The first-order valence-corrected chi connectivity index (χ1v) is 8.70. The summed E-state index contributed by atoms with van der Waals surface area (Å²) in [4.78, 5) is 13.9. The summed E-state index contributed by atoms with van der Waals surface area (Å²) in [5.74, 6) is -0.0882. The van der Waals surface area contributed by atoms with E-state index >= 15 is 0 Å². The normalized spacial score (nSPS) is 25.9. The van der Waals surface area contributed by atoms with Crippen molar-refractivity contribution in [3.63, 3.8) is 0 Å². The van der Waals surface area contributed by atoms with Crippen molar-refractivity contribution in [1.82, 2.24) is 4.90 Å². The van der Waals surface area contributed by atoms with Gasteiger partial charge in [0.2, 0.25) is 5.91 Å². The summed E-state index contributed by atoms with van der Waals surface area (Å²) >= 11 is 5.99. The van der Waals surface area contributed by atoms with E-state index in [0.29, 0.717) is 16.8 Å². The van der Waals surface area contributed by atoms with E-state index in [9.17, 15) is 4.79 Å². The van der Waals surface area contributed by atoms with Crippen molar-refractivity contribution < 1.29 is 4.79 Å². The molecular weight excluding hydrogens is 310 g/mol. The summed E-state index contributed by atoms with van der Waals surface area (Å²) in [6, 6.07) is 6.32. The minimum absolute atomic E-state index is 0.0511. The predicted octanol–water partition coefficient (Wildman–Crippen LogP) is 3.06. The maximum absolute atomic E-state index is 11.4. The highest BCUT2D eigenvalue weighted by Gasteiger charge is 2.30. The number of carbonyl (C=O) groups is 1.